The largest absolute Gasteiger partial charge is 0.472 e. The molecule has 38 heavy (non-hydrogen) atoms. The van der Waals surface area contributed by atoms with Crippen molar-refractivity contribution in [2.75, 3.05) is 39.6 Å². The van der Waals surface area contributed by atoms with E-state index in [1.807, 2.05) is 13.8 Å². The van der Waals surface area contributed by atoms with Gasteiger partial charge >= 0.3 is 7.82 Å². The van der Waals surface area contributed by atoms with Crippen molar-refractivity contribution in [3.8, 4) is 0 Å². The number of unbranched alkanes of at least 4 members (excludes halogenated alkanes) is 20. The first-order valence-corrected chi connectivity index (χ1v) is 17.4. The van der Waals surface area contributed by atoms with Crippen molar-refractivity contribution in [3.05, 3.63) is 0 Å². The lowest BCUT2D eigenvalue weighted by Crippen LogP contribution is -1.99. The molecule has 0 aliphatic carbocycles. The number of ether oxygens (including phenoxy) is 2. The molecule has 230 valence electrons. The highest BCUT2D eigenvalue weighted by Gasteiger charge is 2.19. The van der Waals surface area contributed by atoms with Crippen molar-refractivity contribution in [1.29, 1.82) is 0 Å². The van der Waals surface area contributed by atoms with Crippen molar-refractivity contribution in [2.45, 2.75) is 155 Å². The number of phosphoric ester groups is 1. The first-order chi connectivity index (χ1) is 18.1. The van der Waals surface area contributed by atoms with Gasteiger partial charge < -0.3 is 14.4 Å². The lowest BCUT2D eigenvalue weighted by Gasteiger charge is -2.12. The van der Waals surface area contributed by atoms with E-state index in [0.29, 0.717) is 13.2 Å². The molecule has 0 aromatic carbocycles. The minimum atomic E-state index is -3.88. The van der Waals surface area contributed by atoms with Gasteiger partial charge in [-0.05, 0) is 39.5 Å². The second kappa shape index (κ2) is 33.8. The van der Waals surface area contributed by atoms with E-state index in [0.717, 1.165) is 52.1 Å². The fourth-order valence-electron chi connectivity index (χ4n) is 4.48. The Balaban J connectivity index is 0. The molecule has 0 aliphatic rings. The highest BCUT2D eigenvalue weighted by atomic mass is 31.2. The summed E-state index contributed by atoms with van der Waals surface area (Å²) in [5, 5.41) is 0. The number of hydrogen-bond donors (Lipinski definition) is 1. The average Bonchev–Trinajstić information content (AvgIpc) is 2.88. The van der Waals surface area contributed by atoms with E-state index >= 15 is 0 Å². The van der Waals surface area contributed by atoms with E-state index in [1.54, 1.807) is 0 Å². The van der Waals surface area contributed by atoms with E-state index in [2.05, 4.69) is 0 Å². The minimum absolute atomic E-state index is 0. The zero-order chi connectivity index (χ0) is 27.1. The van der Waals surface area contributed by atoms with Gasteiger partial charge in [-0.15, -0.1) is 0 Å². The normalized spacial score (nSPS) is 11.7. The van der Waals surface area contributed by atoms with Crippen LogP contribution in [0.3, 0.4) is 0 Å². The van der Waals surface area contributed by atoms with Crippen LogP contribution in [0.25, 0.3) is 0 Å². The lowest BCUT2D eigenvalue weighted by molar-refractivity contribution is 0.142. The van der Waals surface area contributed by atoms with Crippen molar-refractivity contribution in [2.24, 2.45) is 0 Å². The molecule has 1 N–H and O–H groups in total. The van der Waals surface area contributed by atoms with Crippen LogP contribution in [0, 0.1) is 0 Å². The predicted octanol–water partition coefficient (Wildman–Crippen LogP) is 8.59. The van der Waals surface area contributed by atoms with Gasteiger partial charge in [-0.1, -0.05) is 116 Å². The number of hydrogen-bond acceptors (Lipinski definition) is 5. The van der Waals surface area contributed by atoms with Gasteiger partial charge in [-0.3, -0.25) is 9.05 Å². The molecule has 0 radical (unpaired) electrons. The summed E-state index contributed by atoms with van der Waals surface area (Å²) in [7, 11) is -3.88. The predicted molar refractivity (Wildman–Crippen MR) is 166 cm³/mol. The van der Waals surface area contributed by atoms with Crippen molar-refractivity contribution in [1.82, 2.24) is 0 Å². The van der Waals surface area contributed by atoms with Crippen LogP contribution in [-0.2, 0) is 23.1 Å². The van der Waals surface area contributed by atoms with Gasteiger partial charge in [-0.25, -0.2) is 4.57 Å². The minimum Gasteiger partial charge on any atom is -0.382 e. The molecule has 0 amide bonds. The molecule has 6 nitrogen and oxygen atoms in total. The molecule has 0 spiro atoms. The zero-order valence-electron chi connectivity index (χ0n) is 24.7. The quantitative estimate of drug-likeness (QED) is 0.0488. The summed E-state index contributed by atoms with van der Waals surface area (Å²) in [5.74, 6) is 0. The summed E-state index contributed by atoms with van der Waals surface area (Å²) >= 11 is 0. The van der Waals surface area contributed by atoms with Gasteiger partial charge in [-0.2, -0.15) is 0 Å². The number of phosphoric acid groups is 1. The van der Waals surface area contributed by atoms with E-state index in [-0.39, 0.29) is 17.4 Å². The summed E-state index contributed by atoms with van der Waals surface area (Å²) in [6.07, 6.45) is 26.7. The van der Waals surface area contributed by atoms with E-state index in [9.17, 15) is 9.46 Å². The third kappa shape index (κ3) is 34.6. The molecular formula is C30H66AlO6P. The molecular weight excluding hydrogens is 514 g/mol. The maximum absolute atomic E-state index is 12.0. The SMILES string of the molecule is CCOCCCCCCCCCCCCCOP(=O)(O)OCCCCCCCCCCCCCOCC.[AlH3]. The molecule has 0 aromatic heterocycles. The van der Waals surface area contributed by atoms with Crippen molar-refractivity contribution in [3.63, 3.8) is 0 Å². The molecule has 0 heterocycles. The summed E-state index contributed by atoms with van der Waals surface area (Å²) in [6, 6.07) is 0. The first-order valence-electron chi connectivity index (χ1n) is 15.9. The fraction of sp³-hybridized carbons (Fsp3) is 1.00. The Morgan fingerprint density at radius 2 is 0.632 bits per heavy atom. The van der Waals surface area contributed by atoms with Crippen LogP contribution in [0.5, 0.6) is 0 Å². The molecule has 0 unspecified atom stereocenters. The Hall–Kier alpha value is 0.562. The summed E-state index contributed by atoms with van der Waals surface area (Å²) in [4.78, 5) is 9.82. The molecule has 0 saturated heterocycles. The summed E-state index contributed by atoms with van der Waals surface area (Å²) < 4.78 is 33.0. The van der Waals surface area contributed by atoms with E-state index in [4.69, 9.17) is 18.5 Å². The zero-order valence-corrected chi connectivity index (χ0v) is 25.6. The highest BCUT2D eigenvalue weighted by molar-refractivity contribution is 7.47. The molecule has 0 rings (SSSR count). The topological polar surface area (TPSA) is 74.2 Å². The summed E-state index contributed by atoms with van der Waals surface area (Å²) in [6.45, 7) is 8.20. The van der Waals surface area contributed by atoms with Gasteiger partial charge in [0, 0.05) is 26.4 Å². The molecule has 0 saturated carbocycles. The monoisotopic (exact) mass is 580 g/mol. The molecule has 8 heteroatoms. The average molecular weight is 581 g/mol. The van der Waals surface area contributed by atoms with Gasteiger partial charge in [0.25, 0.3) is 0 Å². The van der Waals surface area contributed by atoms with Crippen molar-refractivity contribution >= 4 is 25.2 Å². The molecule has 0 atom stereocenters. The van der Waals surface area contributed by atoms with Crippen LogP contribution in [-0.4, -0.2) is 61.9 Å². The maximum atomic E-state index is 12.0. The Kier molecular flexibility index (Phi) is 36.2. The number of rotatable bonds is 32. The molecule has 0 fully saturated rings. The Bertz CT molecular complexity index is 446. The highest BCUT2D eigenvalue weighted by Crippen LogP contribution is 2.43. The smallest absolute Gasteiger partial charge is 0.382 e. The van der Waals surface area contributed by atoms with Gasteiger partial charge in [0.2, 0.25) is 0 Å². The Morgan fingerprint density at radius 3 is 0.868 bits per heavy atom. The van der Waals surface area contributed by atoms with Gasteiger partial charge in [0.15, 0.2) is 17.4 Å². The summed E-state index contributed by atoms with van der Waals surface area (Å²) in [5.41, 5.74) is 0. The Morgan fingerprint density at radius 1 is 0.421 bits per heavy atom. The van der Waals surface area contributed by atoms with Crippen LogP contribution in [0.15, 0.2) is 0 Å². The molecule has 0 aliphatic heterocycles. The van der Waals surface area contributed by atoms with Crippen LogP contribution in [0.2, 0.25) is 0 Å². The van der Waals surface area contributed by atoms with Crippen LogP contribution in [0.4, 0.5) is 0 Å². The van der Waals surface area contributed by atoms with Crippen LogP contribution < -0.4 is 0 Å². The Labute approximate surface area is 247 Å². The van der Waals surface area contributed by atoms with Crippen LogP contribution >= 0.6 is 7.82 Å². The molecule has 0 bridgehead atoms. The van der Waals surface area contributed by atoms with Gasteiger partial charge in [0.1, 0.15) is 0 Å². The third-order valence-electron chi connectivity index (χ3n) is 6.78. The third-order valence-corrected chi connectivity index (χ3v) is 7.80. The molecule has 0 aromatic rings. The van der Waals surface area contributed by atoms with Gasteiger partial charge in [0.05, 0.1) is 13.2 Å². The first kappa shape index (κ1) is 40.7. The van der Waals surface area contributed by atoms with Crippen molar-refractivity contribution < 1.29 is 28.0 Å². The van der Waals surface area contributed by atoms with E-state index < -0.39 is 7.82 Å². The standard InChI is InChI=1S/C30H63O6P.Al.3H/c1-3-33-27-23-19-15-11-7-5-9-13-17-21-25-29-35-37(31,32)36-30-26-22-18-14-10-6-8-12-16-20-24-28-34-4-2;;;;/h3-30H2,1-2H3,(H,31,32);;;;. The second-order valence-corrected chi connectivity index (χ2v) is 11.8. The fourth-order valence-corrected chi connectivity index (χ4v) is 5.27. The lowest BCUT2D eigenvalue weighted by atomic mass is 10.1. The van der Waals surface area contributed by atoms with E-state index in [1.165, 1.54) is 116 Å². The van der Waals surface area contributed by atoms with Crippen LogP contribution in [0.1, 0.15) is 155 Å². The second-order valence-electron chi connectivity index (χ2n) is 10.3. The maximum Gasteiger partial charge on any atom is 0.472 e.